The lowest BCUT2D eigenvalue weighted by atomic mass is 10.1. The SMILES string of the molecule is CCCC[C@@H](COC)NC. The van der Waals surface area contributed by atoms with E-state index in [1.807, 2.05) is 7.05 Å². The summed E-state index contributed by atoms with van der Waals surface area (Å²) >= 11 is 0. The van der Waals surface area contributed by atoms with Crippen molar-refractivity contribution in [2.75, 3.05) is 20.8 Å². The van der Waals surface area contributed by atoms with Gasteiger partial charge >= 0.3 is 0 Å². The van der Waals surface area contributed by atoms with Gasteiger partial charge in [0.05, 0.1) is 6.61 Å². The molecule has 0 spiro atoms. The van der Waals surface area contributed by atoms with E-state index in [9.17, 15) is 0 Å². The number of hydrogen-bond acceptors (Lipinski definition) is 2. The zero-order valence-electron chi connectivity index (χ0n) is 7.31. The summed E-state index contributed by atoms with van der Waals surface area (Å²) in [5.41, 5.74) is 0. The Labute approximate surface area is 64.0 Å². The zero-order valence-corrected chi connectivity index (χ0v) is 7.31. The molecule has 0 bridgehead atoms. The van der Waals surface area contributed by atoms with Gasteiger partial charge in [0.2, 0.25) is 0 Å². The molecule has 0 aromatic carbocycles. The second kappa shape index (κ2) is 7.03. The van der Waals surface area contributed by atoms with Crippen molar-refractivity contribution >= 4 is 0 Å². The third-order valence-corrected chi connectivity index (χ3v) is 1.68. The quantitative estimate of drug-likeness (QED) is 0.610. The molecule has 62 valence electrons. The average molecular weight is 145 g/mol. The molecule has 2 nitrogen and oxygen atoms in total. The fraction of sp³-hybridized carbons (Fsp3) is 1.00. The fourth-order valence-corrected chi connectivity index (χ4v) is 0.963. The van der Waals surface area contributed by atoms with E-state index in [2.05, 4.69) is 12.2 Å². The molecule has 10 heavy (non-hydrogen) atoms. The highest BCUT2D eigenvalue weighted by atomic mass is 16.5. The van der Waals surface area contributed by atoms with Crippen LogP contribution in [-0.2, 0) is 4.74 Å². The summed E-state index contributed by atoms with van der Waals surface area (Å²) in [6, 6.07) is 0.546. The van der Waals surface area contributed by atoms with Crippen LogP contribution in [0.15, 0.2) is 0 Å². The summed E-state index contributed by atoms with van der Waals surface area (Å²) in [4.78, 5) is 0. The normalized spacial score (nSPS) is 13.5. The molecule has 0 rings (SSSR count). The first-order valence-corrected chi connectivity index (χ1v) is 4.01. The molecule has 0 aromatic heterocycles. The van der Waals surface area contributed by atoms with Gasteiger partial charge in [-0.15, -0.1) is 0 Å². The van der Waals surface area contributed by atoms with Crippen LogP contribution < -0.4 is 5.32 Å². The fourth-order valence-electron chi connectivity index (χ4n) is 0.963. The van der Waals surface area contributed by atoms with Gasteiger partial charge in [0.25, 0.3) is 0 Å². The maximum atomic E-state index is 5.03. The lowest BCUT2D eigenvalue weighted by Gasteiger charge is -2.13. The van der Waals surface area contributed by atoms with Crippen LogP contribution in [0.5, 0.6) is 0 Å². The van der Waals surface area contributed by atoms with Gasteiger partial charge in [-0.2, -0.15) is 0 Å². The van der Waals surface area contributed by atoms with Gasteiger partial charge in [-0.05, 0) is 13.5 Å². The highest BCUT2D eigenvalue weighted by Crippen LogP contribution is 1.99. The lowest BCUT2D eigenvalue weighted by Crippen LogP contribution is -2.29. The van der Waals surface area contributed by atoms with E-state index in [-0.39, 0.29) is 0 Å². The number of hydrogen-bond donors (Lipinski definition) is 1. The summed E-state index contributed by atoms with van der Waals surface area (Å²) < 4.78 is 5.03. The minimum Gasteiger partial charge on any atom is -0.383 e. The van der Waals surface area contributed by atoms with Gasteiger partial charge in [0.1, 0.15) is 0 Å². The standard InChI is InChI=1S/C8H19NO/c1-4-5-6-8(9-2)7-10-3/h8-9H,4-7H2,1-3H3/t8-/m0/s1. The Morgan fingerprint density at radius 2 is 2.20 bits per heavy atom. The largest absolute Gasteiger partial charge is 0.383 e. The third-order valence-electron chi connectivity index (χ3n) is 1.68. The molecular formula is C8H19NO. The van der Waals surface area contributed by atoms with Gasteiger partial charge in [-0.25, -0.2) is 0 Å². The van der Waals surface area contributed by atoms with Crippen molar-refractivity contribution in [1.29, 1.82) is 0 Å². The minimum atomic E-state index is 0.546. The number of likely N-dealkylation sites (N-methyl/N-ethyl adjacent to an activating group) is 1. The van der Waals surface area contributed by atoms with Crippen molar-refractivity contribution in [1.82, 2.24) is 5.32 Å². The molecule has 1 atom stereocenters. The maximum Gasteiger partial charge on any atom is 0.0615 e. The van der Waals surface area contributed by atoms with Crippen molar-refractivity contribution in [2.45, 2.75) is 32.2 Å². The van der Waals surface area contributed by atoms with E-state index >= 15 is 0 Å². The zero-order chi connectivity index (χ0) is 7.82. The van der Waals surface area contributed by atoms with Gasteiger partial charge in [-0.1, -0.05) is 19.8 Å². The highest BCUT2D eigenvalue weighted by molar-refractivity contribution is 4.61. The third kappa shape index (κ3) is 4.77. The molecule has 0 radical (unpaired) electrons. The summed E-state index contributed by atoms with van der Waals surface area (Å²) in [5.74, 6) is 0. The van der Waals surface area contributed by atoms with Gasteiger partial charge in [0, 0.05) is 13.2 Å². The van der Waals surface area contributed by atoms with E-state index in [0.717, 1.165) is 6.61 Å². The Hall–Kier alpha value is -0.0800. The van der Waals surface area contributed by atoms with Crippen LogP contribution in [-0.4, -0.2) is 26.8 Å². The van der Waals surface area contributed by atoms with E-state index in [1.54, 1.807) is 7.11 Å². The number of ether oxygens (including phenoxy) is 1. The molecule has 0 saturated heterocycles. The van der Waals surface area contributed by atoms with Crippen molar-refractivity contribution < 1.29 is 4.74 Å². The molecule has 0 amide bonds. The molecular weight excluding hydrogens is 126 g/mol. The van der Waals surface area contributed by atoms with Crippen molar-refractivity contribution in [3.05, 3.63) is 0 Å². The molecule has 2 heteroatoms. The van der Waals surface area contributed by atoms with E-state index in [4.69, 9.17) is 4.74 Å². The van der Waals surface area contributed by atoms with Gasteiger partial charge in [-0.3, -0.25) is 0 Å². The van der Waals surface area contributed by atoms with Crippen LogP contribution in [0.4, 0.5) is 0 Å². The lowest BCUT2D eigenvalue weighted by molar-refractivity contribution is 0.165. The first-order valence-electron chi connectivity index (χ1n) is 4.01. The summed E-state index contributed by atoms with van der Waals surface area (Å²) in [5, 5.41) is 3.21. The topological polar surface area (TPSA) is 21.3 Å². The molecule has 0 aliphatic rings. The van der Waals surface area contributed by atoms with Crippen LogP contribution in [0, 0.1) is 0 Å². The second-order valence-electron chi connectivity index (χ2n) is 2.58. The monoisotopic (exact) mass is 145 g/mol. The van der Waals surface area contributed by atoms with E-state index in [0.29, 0.717) is 6.04 Å². The van der Waals surface area contributed by atoms with Crippen LogP contribution in [0.25, 0.3) is 0 Å². The molecule has 0 unspecified atom stereocenters. The maximum absolute atomic E-state index is 5.03. The number of nitrogens with one attached hydrogen (secondary N) is 1. The van der Waals surface area contributed by atoms with Crippen LogP contribution in [0.2, 0.25) is 0 Å². The first kappa shape index (κ1) is 9.92. The Morgan fingerprint density at radius 3 is 2.60 bits per heavy atom. The Bertz CT molecular complexity index is 66.3. The summed E-state index contributed by atoms with van der Waals surface area (Å²) in [6.07, 6.45) is 3.78. The van der Waals surface area contributed by atoms with Crippen LogP contribution in [0.3, 0.4) is 0 Å². The molecule has 0 aliphatic heterocycles. The number of methoxy groups -OCH3 is 1. The molecule has 0 aliphatic carbocycles. The van der Waals surface area contributed by atoms with E-state index < -0.39 is 0 Å². The molecule has 0 saturated carbocycles. The summed E-state index contributed by atoms with van der Waals surface area (Å²) in [6.45, 7) is 3.04. The summed E-state index contributed by atoms with van der Waals surface area (Å²) in [7, 11) is 3.73. The average Bonchev–Trinajstić information content (AvgIpc) is 1.98. The predicted molar refractivity (Wildman–Crippen MR) is 44.2 cm³/mol. The molecule has 1 N–H and O–H groups in total. The Balaban J connectivity index is 3.21. The highest BCUT2D eigenvalue weighted by Gasteiger charge is 2.02. The van der Waals surface area contributed by atoms with Crippen molar-refractivity contribution in [2.24, 2.45) is 0 Å². The number of rotatable bonds is 6. The predicted octanol–water partition coefficient (Wildman–Crippen LogP) is 1.41. The Kier molecular flexibility index (Phi) is 6.98. The van der Waals surface area contributed by atoms with E-state index in [1.165, 1.54) is 19.3 Å². The molecule has 0 aromatic rings. The van der Waals surface area contributed by atoms with Crippen LogP contribution in [0.1, 0.15) is 26.2 Å². The molecule has 0 heterocycles. The second-order valence-corrected chi connectivity index (χ2v) is 2.58. The number of unbranched alkanes of at least 4 members (excludes halogenated alkanes) is 1. The first-order chi connectivity index (χ1) is 4.85. The minimum absolute atomic E-state index is 0.546. The van der Waals surface area contributed by atoms with Gasteiger partial charge < -0.3 is 10.1 Å². The Morgan fingerprint density at radius 1 is 1.50 bits per heavy atom. The van der Waals surface area contributed by atoms with Crippen LogP contribution >= 0.6 is 0 Å². The van der Waals surface area contributed by atoms with Crippen molar-refractivity contribution in [3.63, 3.8) is 0 Å². The molecule has 0 fully saturated rings. The van der Waals surface area contributed by atoms with Gasteiger partial charge in [0.15, 0.2) is 0 Å². The smallest absolute Gasteiger partial charge is 0.0615 e. The van der Waals surface area contributed by atoms with Crippen molar-refractivity contribution in [3.8, 4) is 0 Å².